The molecule has 1 unspecified atom stereocenters. The van der Waals surface area contributed by atoms with Crippen LogP contribution in [0.25, 0.3) is 11.0 Å². The Bertz CT molecular complexity index is 1020. The lowest BCUT2D eigenvalue weighted by atomic mass is 10.0. The number of aliphatic hydroxyl groups excluding tert-OH is 1. The average molecular weight is 388 g/mol. The molecule has 1 aromatic carbocycles. The quantitative estimate of drug-likeness (QED) is 0.674. The van der Waals surface area contributed by atoms with Crippen LogP contribution in [0.4, 0.5) is 22.0 Å². The monoisotopic (exact) mass is 388 g/mol. The second kappa shape index (κ2) is 6.41. The van der Waals surface area contributed by atoms with Crippen molar-refractivity contribution in [3.05, 3.63) is 57.8 Å². The van der Waals surface area contributed by atoms with Gasteiger partial charge in [-0.3, -0.25) is 4.79 Å². The number of fused-ring (bicyclic) bond motifs is 1. The number of rotatable bonds is 4. The molecular formula is C16H13F5N4O2. The van der Waals surface area contributed by atoms with Crippen LogP contribution in [0.2, 0.25) is 0 Å². The van der Waals surface area contributed by atoms with Crippen LogP contribution in [-0.2, 0) is 12.5 Å². The highest BCUT2D eigenvalue weighted by atomic mass is 19.4. The number of aliphatic hydroxyl groups is 1. The number of benzene rings is 1. The van der Waals surface area contributed by atoms with Gasteiger partial charge in [-0.05, 0) is 12.5 Å². The van der Waals surface area contributed by atoms with E-state index >= 15 is 0 Å². The summed E-state index contributed by atoms with van der Waals surface area (Å²) < 4.78 is 65.5. The second-order valence-electron chi connectivity index (χ2n) is 5.85. The normalized spacial score (nSPS) is 13.9. The lowest BCUT2D eigenvalue weighted by Gasteiger charge is -2.21. The minimum Gasteiger partial charge on any atom is -0.390 e. The van der Waals surface area contributed by atoms with Gasteiger partial charge in [-0.1, -0.05) is 24.3 Å². The maximum atomic E-state index is 13.4. The molecule has 0 amide bonds. The fraction of sp³-hybridized carbons (Fsp3) is 0.312. The molecule has 2 aromatic heterocycles. The highest BCUT2D eigenvalue weighted by molar-refractivity contribution is 5.77. The highest BCUT2D eigenvalue weighted by Crippen LogP contribution is 2.44. The van der Waals surface area contributed by atoms with E-state index in [1.54, 1.807) is 6.92 Å². The molecule has 1 atom stereocenters. The maximum absolute atomic E-state index is 13.4. The first kappa shape index (κ1) is 19.0. The molecule has 2 heterocycles. The molecule has 0 spiro atoms. The average Bonchev–Trinajstić information content (AvgIpc) is 3.00. The van der Waals surface area contributed by atoms with Gasteiger partial charge in [0, 0.05) is 5.56 Å². The molecule has 11 heteroatoms. The Morgan fingerprint density at radius 2 is 1.81 bits per heavy atom. The molecule has 0 saturated heterocycles. The molecule has 144 valence electrons. The zero-order valence-electron chi connectivity index (χ0n) is 13.8. The lowest BCUT2D eigenvalue weighted by molar-refractivity contribution is -0.289. The van der Waals surface area contributed by atoms with Crippen LogP contribution >= 0.6 is 0 Å². The number of hydrogen-bond donors (Lipinski definition) is 2. The van der Waals surface area contributed by atoms with Crippen molar-refractivity contribution < 1.29 is 27.1 Å². The van der Waals surface area contributed by atoms with Crippen molar-refractivity contribution in [1.29, 1.82) is 0 Å². The van der Waals surface area contributed by atoms with Gasteiger partial charge in [-0.15, -0.1) is 0 Å². The van der Waals surface area contributed by atoms with Crippen LogP contribution in [0.5, 0.6) is 0 Å². The van der Waals surface area contributed by atoms with Gasteiger partial charge in [-0.25, -0.2) is 9.67 Å². The molecule has 0 fully saturated rings. The molecule has 0 aliphatic heterocycles. The molecule has 27 heavy (non-hydrogen) atoms. The van der Waals surface area contributed by atoms with E-state index < -0.39 is 35.9 Å². The molecule has 0 saturated carbocycles. The summed E-state index contributed by atoms with van der Waals surface area (Å²) >= 11 is 0. The third kappa shape index (κ3) is 3.07. The number of aromatic amines is 1. The van der Waals surface area contributed by atoms with Gasteiger partial charge in [0.1, 0.15) is 11.1 Å². The number of aromatic nitrogens is 4. The minimum absolute atomic E-state index is 0.0754. The third-order valence-corrected chi connectivity index (χ3v) is 4.20. The lowest BCUT2D eigenvalue weighted by Crippen LogP contribution is -2.33. The van der Waals surface area contributed by atoms with Crippen LogP contribution in [0.1, 0.15) is 29.8 Å². The van der Waals surface area contributed by atoms with Crippen molar-refractivity contribution in [2.75, 3.05) is 0 Å². The Labute approximate surface area is 148 Å². The summed E-state index contributed by atoms with van der Waals surface area (Å²) in [6.07, 6.45) is -4.55. The first-order chi connectivity index (χ1) is 12.6. The summed E-state index contributed by atoms with van der Waals surface area (Å²) in [7, 11) is 0. The number of alkyl halides is 5. The van der Waals surface area contributed by atoms with Gasteiger partial charge in [0.05, 0.1) is 19.0 Å². The van der Waals surface area contributed by atoms with Crippen molar-refractivity contribution in [1.82, 2.24) is 19.7 Å². The fourth-order valence-corrected chi connectivity index (χ4v) is 2.71. The van der Waals surface area contributed by atoms with Crippen LogP contribution in [0.3, 0.4) is 0 Å². The smallest absolute Gasteiger partial charge is 0.390 e. The molecule has 3 rings (SSSR count). The molecule has 0 bridgehead atoms. The van der Waals surface area contributed by atoms with Gasteiger partial charge in [0.25, 0.3) is 5.56 Å². The molecule has 0 aliphatic rings. The Morgan fingerprint density at radius 1 is 1.19 bits per heavy atom. The number of nitrogens with zero attached hydrogens (tertiary/aromatic N) is 3. The predicted molar refractivity (Wildman–Crippen MR) is 84.3 cm³/mol. The van der Waals surface area contributed by atoms with E-state index in [9.17, 15) is 31.9 Å². The van der Waals surface area contributed by atoms with Gasteiger partial charge < -0.3 is 10.1 Å². The van der Waals surface area contributed by atoms with E-state index in [0.29, 0.717) is 17.7 Å². The van der Waals surface area contributed by atoms with E-state index in [1.807, 2.05) is 0 Å². The van der Waals surface area contributed by atoms with Gasteiger partial charge in [-0.2, -0.15) is 27.1 Å². The molecule has 6 nitrogen and oxygen atoms in total. The third-order valence-electron chi connectivity index (χ3n) is 4.20. The Hall–Kier alpha value is -2.82. The van der Waals surface area contributed by atoms with E-state index in [-0.39, 0.29) is 16.7 Å². The van der Waals surface area contributed by atoms with E-state index in [4.69, 9.17) is 0 Å². The summed E-state index contributed by atoms with van der Waals surface area (Å²) in [5.41, 5.74) is -1.09. The van der Waals surface area contributed by atoms with Gasteiger partial charge in [0.15, 0.2) is 5.65 Å². The van der Waals surface area contributed by atoms with E-state index in [0.717, 1.165) is 18.5 Å². The predicted octanol–water partition coefficient (Wildman–Crippen LogP) is 2.88. The summed E-state index contributed by atoms with van der Waals surface area (Å²) in [6, 6.07) is 2.99. The van der Waals surface area contributed by atoms with Crippen molar-refractivity contribution in [3.63, 3.8) is 0 Å². The van der Waals surface area contributed by atoms with Crippen molar-refractivity contribution >= 4 is 11.0 Å². The van der Waals surface area contributed by atoms with Crippen LogP contribution < -0.4 is 5.56 Å². The van der Waals surface area contributed by atoms with Crippen LogP contribution in [0, 0.1) is 0 Å². The van der Waals surface area contributed by atoms with E-state index in [2.05, 4.69) is 15.1 Å². The van der Waals surface area contributed by atoms with E-state index in [1.165, 1.54) is 4.68 Å². The Kier molecular flexibility index (Phi) is 4.50. The molecule has 2 N–H and O–H groups in total. The number of H-pyrrole nitrogens is 1. The van der Waals surface area contributed by atoms with Crippen molar-refractivity contribution in [2.24, 2.45) is 0 Å². The SMILES string of the molecule is CC(c1ccc(C(F)(F)C(F)(F)F)cc1)n1nc(CO)c2c(=O)[nH]cnc21. The summed E-state index contributed by atoms with van der Waals surface area (Å²) in [4.78, 5) is 18.3. The minimum atomic E-state index is -5.70. The number of nitrogens with one attached hydrogen (secondary N) is 1. The van der Waals surface area contributed by atoms with Crippen LogP contribution in [0.15, 0.2) is 35.4 Å². The zero-order chi connectivity index (χ0) is 20.0. The van der Waals surface area contributed by atoms with Crippen LogP contribution in [-0.4, -0.2) is 31.0 Å². The standard InChI is InChI=1S/C16H13F5N4O2/c1-8(9-2-4-10(5-3-9)15(17,18)16(19,20)21)25-13-12(11(6-26)24-25)14(27)23-7-22-13/h2-5,7-8,26H,6H2,1H3,(H,22,23,27). The first-order valence-corrected chi connectivity index (χ1v) is 7.68. The molecule has 3 aromatic rings. The Morgan fingerprint density at radius 3 is 2.37 bits per heavy atom. The fourth-order valence-electron chi connectivity index (χ4n) is 2.71. The highest BCUT2D eigenvalue weighted by Gasteiger charge is 2.58. The number of halogens is 5. The van der Waals surface area contributed by atoms with Gasteiger partial charge >= 0.3 is 12.1 Å². The summed E-state index contributed by atoms with van der Waals surface area (Å²) in [5.74, 6) is -4.97. The molecule has 0 aliphatic carbocycles. The topological polar surface area (TPSA) is 83.8 Å². The van der Waals surface area contributed by atoms with Crippen molar-refractivity contribution in [2.45, 2.75) is 31.7 Å². The first-order valence-electron chi connectivity index (χ1n) is 7.68. The largest absolute Gasteiger partial charge is 0.458 e. The number of hydrogen-bond acceptors (Lipinski definition) is 4. The zero-order valence-corrected chi connectivity index (χ0v) is 13.8. The van der Waals surface area contributed by atoms with Crippen molar-refractivity contribution in [3.8, 4) is 0 Å². The Balaban J connectivity index is 2.03. The maximum Gasteiger partial charge on any atom is 0.458 e. The summed E-state index contributed by atoms with van der Waals surface area (Å²) in [5, 5.41) is 13.6. The summed E-state index contributed by atoms with van der Waals surface area (Å²) in [6.45, 7) is 1.08. The second-order valence-corrected chi connectivity index (χ2v) is 5.85. The van der Waals surface area contributed by atoms with Gasteiger partial charge in [0.2, 0.25) is 0 Å². The molecular weight excluding hydrogens is 375 g/mol. The molecule has 0 radical (unpaired) electrons.